The minimum Gasteiger partial charge on any atom is -0.371 e. The Balaban J connectivity index is 1.91. The largest absolute Gasteiger partial charge is 0.371 e. The molecule has 0 saturated carbocycles. The maximum absolute atomic E-state index is 4.86. The van der Waals surface area contributed by atoms with Crippen molar-refractivity contribution in [2.24, 2.45) is 4.99 Å². The van der Waals surface area contributed by atoms with Gasteiger partial charge in [-0.2, -0.15) is 5.10 Å². The van der Waals surface area contributed by atoms with Crippen molar-refractivity contribution in [3.05, 3.63) is 54.4 Å². The zero-order valence-corrected chi connectivity index (χ0v) is 16.6. The Labute approximate surface area is 162 Å². The highest BCUT2D eigenvalue weighted by molar-refractivity contribution is 5.77. The van der Waals surface area contributed by atoms with Gasteiger partial charge in [-0.05, 0) is 56.5 Å². The first-order valence-electron chi connectivity index (χ1n) is 9.81. The van der Waals surface area contributed by atoms with Crippen molar-refractivity contribution in [2.75, 3.05) is 6.54 Å². The summed E-state index contributed by atoms with van der Waals surface area (Å²) in [4.78, 5) is 6.65. The molecule has 0 amide bonds. The molecule has 1 aliphatic rings. The molecule has 0 aliphatic carbocycles. The number of hydrogen-bond donors (Lipinski definition) is 0. The van der Waals surface area contributed by atoms with Gasteiger partial charge < -0.3 is 4.90 Å². The van der Waals surface area contributed by atoms with Crippen LogP contribution in [0.5, 0.6) is 0 Å². The van der Waals surface area contributed by atoms with Gasteiger partial charge in [-0.15, -0.1) is 0 Å². The average Bonchev–Trinajstić information content (AvgIpc) is 3.10. The minimum atomic E-state index is 0.550. The van der Waals surface area contributed by atoms with E-state index < -0.39 is 0 Å². The molecule has 1 fully saturated rings. The standard InChI is InChI=1S/C23H30N4/c1-6-19-11-12-20(7-2)21(14-19)23-22(24-5)16-26(25-23)15-18(4)27-13-9-8-10-17(27)3/h6,11-12,14,16-17H,1,4-5,7-10,13,15H2,2-3H3. The summed E-state index contributed by atoms with van der Waals surface area (Å²) in [6, 6.07) is 6.92. The number of benzene rings is 1. The summed E-state index contributed by atoms with van der Waals surface area (Å²) in [6.07, 6.45) is 8.55. The van der Waals surface area contributed by atoms with E-state index in [-0.39, 0.29) is 0 Å². The quantitative estimate of drug-likeness (QED) is 0.611. The van der Waals surface area contributed by atoms with E-state index in [2.05, 4.69) is 61.8 Å². The number of allylic oxidation sites excluding steroid dienone is 1. The lowest BCUT2D eigenvalue weighted by atomic mass is 9.99. The molecule has 1 atom stereocenters. The van der Waals surface area contributed by atoms with E-state index in [0.29, 0.717) is 12.6 Å². The molecule has 4 nitrogen and oxygen atoms in total. The van der Waals surface area contributed by atoms with Crippen LogP contribution in [-0.2, 0) is 13.0 Å². The Kier molecular flexibility index (Phi) is 5.94. The molecule has 3 rings (SSSR count). The minimum absolute atomic E-state index is 0.550. The van der Waals surface area contributed by atoms with Crippen LogP contribution in [0.25, 0.3) is 17.3 Å². The van der Waals surface area contributed by atoms with Crippen molar-refractivity contribution in [3.8, 4) is 11.3 Å². The Morgan fingerprint density at radius 2 is 2.19 bits per heavy atom. The summed E-state index contributed by atoms with van der Waals surface area (Å²) in [5, 5.41) is 4.86. The van der Waals surface area contributed by atoms with Crippen LogP contribution in [-0.4, -0.2) is 34.0 Å². The normalized spacial score (nSPS) is 17.0. The van der Waals surface area contributed by atoms with E-state index >= 15 is 0 Å². The summed E-state index contributed by atoms with van der Waals surface area (Å²) in [7, 11) is 0. The van der Waals surface area contributed by atoms with Gasteiger partial charge in [0, 0.05) is 23.8 Å². The summed E-state index contributed by atoms with van der Waals surface area (Å²) in [5.74, 6) is 0. The predicted octanol–water partition coefficient (Wildman–Crippen LogP) is 5.48. The first kappa shape index (κ1) is 19.2. The molecule has 1 saturated heterocycles. The lowest BCUT2D eigenvalue weighted by molar-refractivity contribution is 0.199. The van der Waals surface area contributed by atoms with Gasteiger partial charge in [-0.3, -0.25) is 9.67 Å². The molecule has 4 heteroatoms. The molecule has 0 bridgehead atoms. The molecule has 27 heavy (non-hydrogen) atoms. The highest BCUT2D eigenvalue weighted by Gasteiger charge is 2.20. The van der Waals surface area contributed by atoms with E-state index in [1.54, 1.807) is 0 Å². The topological polar surface area (TPSA) is 33.4 Å². The van der Waals surface area contributed by atoms with Crippen molar-refractivity contribution in [3.63, 3.8) is 0 Å². The molecule has 1 aromatic carbocycles. The number of rotatable bonds is 7. The Morgan fingerprint density at radius 1 is 1.37 bits per heavy atom. The zero-order chi connectivity index (χ0) is 19.4. The third-order valence-corrected chi connectivity index (χ3v) is 5.47. The molecule has 1 unspecified atom stereocenters. The van der Waals surface area contributed by atoms with Gasteiger partial charge >= 0.3 is 0 Å². The molecule has 2 heterocycles. The first-order valence-corrected chi connectivity index (χ1v) is 9.81. The van der Waals surface area contributed by atoms with Crippen molar-refractivity contribution >= 4 is 18.5 Å². The van der Waals surface area contributed by atoms with E-state index in [1.165, 1.54) is 24.8 Å². The zero-order valence-electron chi connectivity index (χ0n) is 16.6. The molecule has 0 spiro atoms. The Bertz CT molecular complexity index is 846. The average molecular weight is 363 g/mol. The summed E-state index contributed by atoms with van der Waals surface area (Å²) in [6.45, 7) is 18.2. The van der Waals surface area contributed by atoms with Crippen LogP contribution in [0.2, 0.25) is 0 Å². The monoisotopic (exact) mass is 362 g/mol. The second kappa shape index (κ2) is 8.38. The number of aromatic nitrogens is 2. The molecule has 142 valence electrons. The van der Waals surface area contributed by atoms with Gasteiger partial charge in [0.2, 0.25) is 0 Å². The third-order valence-electron chi connectivity index (χ3n) is 5.47. The van der Waals surface area contributed by atoms with Crippen LogP contribution in [0.4, 0.5) is 5.69 Å². The third kappa shape index (κ3) is 4.05. The maximum Gasteiger partial charge on any atom is 0.118 e. The van der Waals surface area contributed by atoms with Crippen LogP contribution in [0.1, 0.15) is 44.2 Å². The van der Waals surface area contributed by atoms with Gasteiger partial charge in [-0.25, -0.2) is 0 Å². The van der Waals surface area contributed by atoms with Crippen molar-refractivity contribution < 1.29 is 0 Å². The molecule has 0 N–H and O–H groups in total. The fourth-order valence-corrected chi connectivity index (χ4v) is 3.89. The second-order valence-corrected chi connectivity index (χ2v) is 7.30. The number of piperidine rings is 1. The number of hydrogen-bond acceptors (Lipinski definition) is 3. The van der Waals surface area contributed by atoms with Gasteiger partial charge in [0.15, 0.2) is 0 Å². The molecular formula is C23H30N4. The fraction of sp³-hybridized carbons (Fsp3) is 0.391. The van der Waals surface area contributed by atoms with Crippen LogP contribution >= 0.6 is 0 Å². The van der Waals surface area contributed by atoms with Gasteiger partial charge in [-0.1, -0.05) is 38.3 Å². The predicted molar refractivity (Wildman–Crippen MR) is 116 cm³/mol. The van der Waals surface area contributed by atoms with Gasteiger partial charge in [0.05, 0.1) is 12.7 Å². The second-order valence-electron chi connectivity index (χ2n) is 7.30. The fourth-order valence-electron chi connectivity index (χ4n) is 3.89. The number of nitrogens with zero attached hydrogens (tertiary/aromatic N) is 4. The first-order chi connectivity index (χ1) is 13.1. The van der Waals surface area contributed by atoms with Crippen molar-refractivity contribution in [1.82, 2.24) is 14.7 Å². The van der Waals surface area contributed by atoms with Crippen LogP contribution in [0, 0.1) is 0 Å². The number of likely N-dealkylation sites (tertiary alicyclic amines) is 1. The smallest absolute Gasteiger partial charge is 0.118 e. The van der Waals surface area contributed by atoms with Gasteiger partial charge in [0.25, 0.3) is 0 Å². The van der Waals surface area contributed by atoms with Crippen molar-refractivity contribution in [2.45, 2.75) is 52.1 Å². The highest BCUT2D eigenvalue weighted by Crippen LogP contribution is 2.33. The lowest BCUT2D eigenvalue weighted by Gasteiger charge is -2.36. The van der Waals surface area contributed by atoms with Crippen molar-refractivity contribution in [1.29, 1.82) is 0 Å². The number of aliphatic imine (C=N–C) groups is 1. The summed E-state index contributed by atoms with van der Waals surface area (Å²) in [5.41, 5.74) is 6.24. The van der Waals surface area contributed by atoms with Crippen LogP contribution < -0.4 is 0 Å². The summed E-state index contributed by atoms with van der Waals surface area (Å²) >= 11 is 0. The van der Waals surface area contributed by atoms with Crippen LogP contribution in [0.3, 0.4) is 0 Å². The summed E-state index contributed by atoms with van der Waals surface area (Å²) < 4.78 is 1.95. The van der Waals surface area contributed by atoms with Crippen LogP contribution in [0.15, 0.2) is 48.2 Å². The number of aryl methyl sites for hydroxylation is 1. The van der Waals surface area contributed by atoms with Gasteiger partial charge in [0.1, 0.15) is 11.4 Å². The Hall–Kier alpha value is -2.62. The van der Waals surface area contributed by atoms with E-state index in [1.807, 2.05) is 17.0 Å². The van der Waals surface area contributed by atoms with E-state index in [4.69, 9.17) is 5.10 Å². The highest BCUT2D eigenvalue weighted by atomic mass is 15.3. The molecule has 2 aromatic rings. The molecule has 1 aliphatic heterocycles. The SMILES string of the molecule is C=Cc1ccc(CC)c(-c2nn(CC(=C)N3CCCCC3C)cc2N=C)c1. The molecule has 0 radical (unpaired) electrons. The molecular weight excluding hydrogens is 332 g/mol. The maximum atomic E-state index is 4.86. The van der Waals surface area contributed by atoms with E-state index in [0.717, 1.165) is 41.2 Å². The molecule has 1 aromatic heterocycles. The Morgan fingerprint density at radius 3 is 2.85 bits per heavy atom. The van der Waals surface area contributed by atoms with E-state index in [9.17, 15) is 0 Å². The lowest BCUT2D eigenvalue weighted by Crippen LogP contribution is -2.37.